The molecule has 0 N–H and O–H groups in total. The SMILES string of the molecule is CC(C)c1cccc(=O)n1C1CC1. The summed E-state index contributed by atoms with van der Waals surface area (Å²) < 4.78 is 1.96. The van der Waals surface area contributed by atoms with E-state index in [-0.39, 0.29) is 5.56 Å². The Morgan fingerprint density at radius 2 is 2.08 bits per heavy atom. The van der Waals surface area contributed by atoms with E-state index in [9.17, 15) is 4.79 Å². The van der Waals surface area contributed by atoms with Crippen molar-refractivity contribution in [1.82, 2.24) is 4.57 Å². The molecule has 1 aliphatic rings. The van der Waals surface area contributed by atoms with E-state index in [4.69, 9.17) is 0 Å². The van der Waals surface area contributed by atoms with Crippen LogP contribution in [0.2, 0.25) is 0 Å². The fourth-order valence-electron chi connectivity index (χ4n) is 1.71. The summed E-state index contributed by atoms with van der Waals surface area (Å²) in [5.74, 6) is 0.439. The zero-order chi connectivity index (χ0) is 9.42. The maximum Gasteiger partial charge on any atom is 0.250 e. The van der Waals surface area contributed by atoms with Gasteiger partial charge in [-0.15, -0.1) is 0 Å². The fourth-order valence-corrected chi connectivity index (χ4v) is 1.71. The Labute approximate surface area is 78.2 Å². The molecule has 0 aliphatic heterocycles. The van der Waals surface area contributed by atoms with Crippen LogP contribution in [0.1, 0.15) is 44.3 Å². The predicted octanol–water partition coefficient (Wildman–Crippen LogP) is 2.31. The minimum absolute atomic E-state index is 0.161. The third-order valence-electron chi connectivity index (χ3n) is 2.52. The number of nitrogens with zero attached hydrogens (tertiary/aromatic N) is 1. The van der Waals surface area contributed by atoms with Crippen LogP contribution in [0.4, 0.5) is 0 Å². The number of hydrogen-bond acceptors (Lipinski definition) is 1. The van der Waals surface area contributed by atoms with Crippen molar-refractivity contribution in [3.05, 3.63) is 34.2 Å². The van der Waals surface area contributed by atoms with Crippen LogP contribution in [-0.4, -0.2) is 4.57 Å². The summed E-state index contributed by atoms with van der Waals surface area (Å²) in [5.41, 5.74) is 1.34. The van der Waals surface area contributed by atoms with Crippen LogP contribution < -0.4 is 5.56 Å². The second-order valence-corrected chi connectivity index (χ2v) is 4.04. The first-order valence-electron chi connectivity index (χ1n) is 4.91. The van der Waals surface area contributed by atoms with Gasteiger partial charge in [0.2, 0.25) is 0 Å². The highest BCUT2D eigenvalue weighted by atomic mass is 16.1. The first-order valence-corrected chi connectivity index (χ1v) is 4.91. The maximum atomic E-state index is 11.6. The standard InChI is InChI=1S/C11H15NO/c1-8(2)10-4-3-5-11(13)12(10)9-6-7-9/h3-5,8-9H,6-7H2,1-2H3. The summed E-state index contributed by atoms with van der Waals surface area (Å²) in [6.45, 7) is 4.27. The largest absolute Gasteiger partial charge is 0.309 e. The average Bonchev–Trinajstić information content (AvgIpc) is 2.86. The number of pyridine rings is 1. The molecule has 2 nitrogen and oxygen atoms in total. The highest BCUT2D eigenvalue weighted by Gasteiger charge is 2.26. The molecular formula is C11H15NO. The van der Waals surface area contributed by atoms with Gasteiger partial charge < -0.3 is 4.57 Å². The molecule has 2 heteroatoms. The number of aromatic nitrogens is 1. The molecular weight excluding hydrogens is 162 g/mol. The quantitative estimate of drug-likeness (QED) is 0.679. The first kappa shape index (κ1) is 8.54. The van der Waals surface area contributed by atoms with Gasteiger partial charge in [0, 0.05) is 17.8 Å². The molecule has 0 atom stereocenters. The Morgan fingerprint density at radius 1 is 1.38 bits per heavy atom. The van der Waals surface area contributed by atoms with Gasteiger partial charge in [0.1, 0.15) is 0 Å². The van der Waals surface area contributed by atoms with Crippen molar-refractivity contribution in [1.29, 1.82) is 0 Å². The second kappa shape index (κ2) is 3.02. The topological polar surface area (TPSA) is 22.0 Å². The van der Waals surface area contributed by atoms with Gasteiger partial charge in [-0.25, -0.2) is 0 Å². The second-order valence-electron chi connectivity index (χ2n) is 4.04. The van der Waals surface area contributed by atoms with Crippen LogP contribution in [0.3, 0.4) is 0 Å². The molecule has 2 rings (SSSR count). The van der Waals surface area contributed by atoms with Gasteiger partial charge in [-0.1, -0.05) is 19.9 Å². The van der Waals surface area contributed by atoms with Crippen molar-refractivity contribution in [2.45, 2.75) is 38.6 Å². The summed E-state index contributed by atoms with van der Waals surface area (Å²) >= 11 is 0. The van der Waals surface area contributed by atoms with Crippen LogP contribution in [0.15, 0.2) is 23.0 Å². The number of hydrogen-bond donors (Lipinski definition) is 0. The lowest BCUT2D eigenvalue weighted by atomic mass is 10.1. The lowest BCUT2D eigenvalue weighted by molar-refractivity contribution is 0.626. The number of rotatable bonds is 2. The summed E-state index contributed by atoms with van der Waals surface area (Å²) in [6, 6.07) is 6.07. The van der Waals surface area contributed by atoms with E-state index in [1.54, 1.807) is 6.07 Å². The third kappa shape index (κ3) is 1.53. The highest BCUT2D eigenvalue weighted by molar-refractivity contribution is 5.13. The predicted molar refractivity (Wildman–Crippen MR) is 53.1 cm³/mol. The van der Waals surface area contributed by atoms with E-state index in [1.165, 1.54) is 18.5 Å². The van der Waals surface area contributed by atoms with E-state index >= 15 is 0 Å². The zero-order valence-electron chi connectivity index (χ0n) is 8.16. The third-order valence-corrected chi connectivity index (χ3v) is 2.52. The molecule has 1 heterocycles. The van der Waals surface area contributed by atoms with Crippen molar-refractivity contribution in [3.8, 4) is 0 Å². The summed E-state index contributed by atoms with van der Waals surface area (Å²) in [7, 11) is 0. The minimum Gasteiger partial charge on any atom is -0.309 e. The lowest BCUT2D eigenvalue weighted by Gasteiger charge is -2.13. The van der Waals surface area contributed by atoms with Crippen molar-refractivity contribution in [2.75, 3.05) is 0 Å². The molecule has 0 aromatic carbocycles. The molecule has 0 amide bonds. The molecule has 70 valence electrons. The monoisotopic (exact) mass is 177 g/mol. The Balaban J connectivity index is 2.53. The zero-order valence-corrected chi connectivity index (χ0v) is 8.16. The van der Waals surface area contributed by atoms with Crippen LogP contribution in [0.25, 0.3) is 0 Å². The maximum absolute atomic E-state index is 11.6. The molecule has 0 bridgehead atoms. The molecule has 1 saturated carbocycles. The molecule has 1 aliphatic carbocycles. The molecule has 13 heavy (non-hydrogen) atoms. The molecule has 0 radical (unpaired) electrons. The first-order chi connectivity index (χ1) is 6.20. The normalized spacial score (nSPS) is 16.5. The molecule has 1 aromatic heterocycles. The van der Waals surface area contributed by atoms with Gasteiger partial charge in [0.25, 0.3) is 5.56 Å². The fraction of sp³-hybridized carbons (Fsp3) is 0.545. The van der Waals surface area contributed by atoms with Crippen molar-refractivity contribution < 1.29 is 0 Å². The summed E-state index contributed by atoms with van der Waals surface area (Å²) in [4.78, 5) is 11.6. The average molecular weight is 177 g/mol. The lowest BCUT2D eigenvalue weighted by Crippen LogP contribution is -2.21. The van der Waals surface area contributed by atoms with Crippen molar-refractivity contribution in [2.24, 2.45) is 0 Å². The molecule has 1 aromatic rings. The van der Waals surface area contributed by atoms with Crippen LogP contribution >= 0.6 is 0 Å². The van der Waals surface area contributed by atoms with Crippen LogP contribution in [0, 0.1) is 0 Å². The van der Waals surface area contributed by atoms with Gasteiger partial charge in [-0.2, -0.15) is 0 Å². The van der Waals surface area contributed by atoms with Gasteiger partial charge in [0.05, 0.1) is 0 Å². The molecule has 1 fully saturated rings. The highest BCUT2D eigenvalue weighted by Crippen LogP contribution is 2.35. The Kier molecular flexibility index (Phi) is 1.98. The Bertz CT molecular complexity index is 361. The minimum atomic E-state index is 0.161. The van der Waals surface area contributed by atoms with Gasteiger partial charge in [-0.05, 0) is 24.8 Å². The van der Waals surface area contributed by atoms with E-state index < -0.39 is 0 Å². The van der Waals surface area contributed by atoms with Crippen molar-refractivity contribution in [3.63, 3.8) is 0 Å². The van der Waals surface area contributed by atoms with Gasteiger partial charge >= 0.3 is 0 Å². The van der Waals surface area contributed by atoms with Gasteiger partial charge in [-0.3, -0.25) is 4.79 Å². The van der Waals surface area contributed by atoms with Gasteiger partial charge in [0.15, 0.2) is 0 Å². The van der Waals surface area contributed by atoms with Crippen LogP contribution in [0.5, 0.6) is 0 Å². The van der Waals surface area contributed by atoms with E-state index in [1.807, 2.05) is 10.6 Å². The van der Waals surface area contributed by atoms with E-state index in [0.717, 1.165) is 0 Å². The Morgan fingerprint density at radius 3 is 2.62 bits per heavy atom. The molecule has 0 spiro atoms. The molecule has 0 unspecified atom stereocenters. The van der Waals surface area contributed by atoms with Crippen molar-refractivity contribution >= 4 is 0 Å². The molecule has 0 saturated heterocycles. The summed E-state index contributed by atoms with van der Waals surface area (Å²) in [6.07, 6.45) is 2.34. The summed E-state index contributed by atoms with van der Waals surface area (Å²) in [5, 5.41) is 0. The smallest absolute Gasteiger partial charge is 0.250 e. The van der Waals surface area contributed by atoms with Crippen LogP contribution in [-0.2, 0) is 0 Å². The Hall–Kier alpha value is -1.05. The van der Waals surface area contributed by atoms with E-state index in [0.29, 0.717) is 12.0 Å². The van der Waals surface area contributed by atoms with E-state index in [2.05, 4.69) is 19.9 Å².